The Bertz CT molecular complexity index is 524. The molecule has 120 valence electrons. The summed E-state index contributed by atoms with van der Waals surface area (Å²) in [6.07, 6.45) is 3.51. The van der Waals surface area contributed by atoms with Gasteiger partial charge in [-0.1, -0.05) is 6.42 Å². The Labute approximate surface area is 125 Å². The second kappa shape index (κ2) is 7.63. The van der Waals surface area contributed by atoms with Crippen molar-refractivity contribution >= 4 is 10.1 Å². The summed E-state index contributed by atoms with van der Waals surface area (Å²) in [5.74, 6) is 1.80. The lowest BCUT2D eigenvalue weighted by atomic mass is 9.95. The van der Waals surface area contributed by atoms with Gasteiger partial charge in [-0.15, -0.1) is 0 Å². The molecule has 0 spiro atoms. The molecule has 0 aromatic heterocycles. The average molecular weight is 318 g/mol. The Morgan fingerprint density at radius 2 is 1.57 bits per heavy atom. The Hall–Kier alpha value is -1.31. The third-order valence-corrected chi connectivity index (χ3v) is 3.28. The summed E-state index contributed by atoms with van der Waals surface area (Å²) in [4.78, 5) is 0. The quantitative estimate of drug-likeness (QED) is 0.826. The van der Waals surface area contributed by atoms with E-state index in [2.05, 4.69) is 0 Å². The number of rotatable bonds is 3. The molecule has 0 saturated heterocycles. The molecule has 1 saturated carbocycles. The van der Waals surface area contributed by atoms with Gasteiger partial charge < -0.3 is 14.6 Å². The number of ether oxygens (including phenoxy) is 2. The van der Waals surface area contributed by atoms with Crippen molar-refractivity contribution in [2.24, 2.45) is 0 Å². The van der Waals surface area contributed by atoms with Crippen molar-refractivity contribution in [3.8, 4) is 11.5 Å². The summed E-state index contributed by atoms with van der Waals surface area (Å²) in [7, 11) is -0.382. The van der Waals surface area contributed by atoms with E-state index in [1.165, 1.54) is 0 Å². The highest BCUT2D eigenvalue weighted by atomic mass is 32.2. The molecule has 0 radical (unpaired) electrons. The zero-order valence-corrected chi connectivity index (χ0v) is 13.3. The summed E-state index contributed by atoms with van der Waals surface area (Å²) in [5.41, 5.74) is 1.11. The third kappa shape index (κ3) is 6.33. The van der Waals surface area contributed by atoms with Crippen LogP contribution >= 0.6 is 0 Å². The zero-order valence-electron chi connectivity index (χ0n) is 12.4. The number of hydrogen-bond acceptors (Lipinski definition) is 5. The first-order valence-electron chi connectivity index (χ1n) is 6.58. The van der Waals surface area contributed by atoms with E-state index in [0.717, 1.165) is 36.3 Å². The van der Waals surface area contributed by atoms with Crippen LogP contribution in [0.3, 0.4) is 0 Å². The smallest absolute Gasteiger partial charge is 0.261 e. The largest absolute Gasteiger partial charge is 0.497 e. The molecule has 21 heavy (non-hydrogen) atoms. The minimum atomic E-state index is -3.67. The molecule has 2 atom stereocenters. The van der Waals surface area contributed by atoms with Crippen molar-refractivity contribution in [2.45, 2.75) is 31.3 Å². The van der Waals surface area contributed by atoms with Gasteiger partial charge in [-0.25, -0.2) is 0 Å². The highest BCUT2D eigenvalue weighted by Crippen LogP contribution is 2.37. The Kier molecular flexibility index (Phi) is 6.44. The maximum atomic E-state index is 9.89. The molecule has 1 fully saturated rings. The van der Waals surface area contributed by atoms with Crippen molar-refractivity contribution in [3.05, 3.63) is 23.8 Å². The van der Waals surface area contributed by atoms with E-state index in [1.807, 2.05) is 18.2 Å². The van der Waals surface area contributed by atoms with E-state index in [4.69, 9.17) is 14.0 Å². The van der Waals surface area contributed by atoms with E-state index in [-0.39, 0.29) is 12.0 Å². The van der Waals surface area contributed by atoms with Crippen molar-refractivity contribution in [3.63, 3.8) is 0 Å². The topological polar surface area (TPSA) is 93.1 Å². The first-order chi connectivity index (χ1) is 9.74. The van der Waals surface area contributed by atoms with Crippen LogP contribution in [0.5, 0.6) is 11.5 Å². The first kappa shape index (κ1) is 17.7. The fourth-order valence-electron chi connectivity index (χ4n) is 2.37. The van der Waals surface area contributed by atoms with Crippen LogP contribution in [0.25, 0.3) is 0 Å². The van der Waals surface area contributed by atoms with Gasteiger partial charge in [0.1, 0.15) is 11.5 Å². The number of methoxy groups -OCH3 is 2. The summed E-state index contributed by atoms with van der Waals surface area (Å²) in [6, 6.07) is 5.83. The van der Waals surface area contributed by atoms with Crippen molar-refractivity contribution in [2.75, 3.05) is 20.5 Å². The summed E-state index contributed by atoms with van der Waals surface area (Å²) in [5, 5.41) is 9.89. The standard InChI is InChI=1S/C13H18O3.CH4O3S/c1-15-10-6-9(7-11(8-10)16-2)12-4-3-5-13(12)14;1-5(2,3)4/h6-8,12-14H,3-5H2,1-2H3;1H3,(H,2,3,4). The molecule has 2 unspecified atom stereocenters. The van der Waals surface area contributed by atoms with E-state index in [0.29, 0.717) is 6.26 Å². The van der Waals surface area contributed by atoms with E-state index in [9.17, 15) is 13.5 Å². The van der Waals surface area contributed by atoms with Gasteiger partial charge >= 0.3 is 0 Å². The van der Waals surface area contributed by atoms with Gasteiger partial charge in [-0.3, -0.25) is 4.55 Å². The van der Waals surface area contributed by atoms with Crippen LogP contribution in [-0.2, 0) is 10.1 Å². The van der Waals surface area contributed by atoms with Gasteiger partial charge in [-0.05, 0) is 30.5 Å². The van der Waals surface area contributed by atoms with Gasteiger partial charge in [-0.2, -0.15) is 8.42 Å². The highest BCUT2D eigenvalue weighted by molar-refractivity contribution is 7.85. The molecular weight excluding hydrogens is 296 g/mol. The Morgan fingerprint density at radius 3 is 1.90 bits per heavy atom. The van der Waals surface area contributed by atoms with Crippen LogP contribution < -0.4 is 9.47 Å². The molecule has 6 nitrogen and oxygen atoms in total. The van der Waals surface area contributed by atoms with E-state index >= 15 is 0 Å². The maximum absolute atomic E-state index is 9.89. The van der Waals surface area contributed by atoms with E-state index < -0.39 is 10.1 Å². The van der Waals surface area contributed by atoms with E-state index in [1.54, 1.807) is 14.2 Å². The van der Waals surface area contributed by atoms with Crippen molar-refractivity contribution < 1.29 is 27.6 Å². The normalized spacial score (nSPS) is 21.4. The molecule has 0 heterocycles. The number of aliphatic hydroxyl groups is 1. The molecule has 1 aliphatic rings. The van der Waals surface area contributed by atoms with Gasteiger partial charge in [0.15, 0.2) is 0 Å². The molecule has 2 rings (SSSR count). The molecule has 1 aliphatic carbocycles. The fourth-order valence-corrected chi connectivity index (χ4v) is 2.37. The molecule has 7 heteroatoms. The van der Waals surface area contributed by atoms with Crippen LogP contribution in [-0.4, -0.2) is 44.7 Å². The lowest BCUT2D eigenvalue weighted by Gasteiger charge is -2.16. The van der Waals surface area contributed by atoms with Crippen molar-refractivity contribution in [1.29, 1.82) is 0 Å². The lowest BCUT2D eigenvalue weighted by Crippen LogP contribution is -2.11. The molecule has 1 aromatic rings. The van der Waals surface area contributed by atoms with Crippen LogP contribution in [0.2, 0.25) is 0 Å². The average Bonchev–Trinajstić information content (AvgIpc) is 2.82. The zero-order chi connectivity index (χ0) is 16.0. The van der Waals surface area contributed by atoms with Crippen LogP contribution in [0, 0.1) is 0 Å². The van der Waals surface area contributed by atoms with Crippen LogP contribution in [0.15, 0.2) is 18.2 Å². The highest BCUT2D eigenvalue weighted by Gasteiger charge is 2.27. The van der Waals surface area contributed by atoms with Gasteiger partial charge in [0, 0.05) is 12.0 Å². The van der Waals surface area contributed by atoms with Gasteiger partial charge in [0.2, 0.25) is 0 Å². The third-order valence-electron chi connectivity index (χ3n) is 3.28. The molecule has 2 N–H and O–H groups in total. The molecule has 1 aromatic carbocycles. The molecular formula is C14H22O6S. The maximum Gasteiger partial charge on any atom is 0.261 e. The Morgan fingerprint density at radius 1 is 1.10 bits per heavy atom. The van der Waals surface area contributed by atoms with Gasteiger partial charge in [0.05, 0.1) is 26.6 Å². The summed E-state index contributed by atoms with van der Waals surface area (Å²) < 4.78 is 36.3. The monoisotopic (exact) mass is 318 g/mol. The van der Waals surface area contributed by atoms with Crippen molar-refractivity contribution in [1.82, 2.24) is 0 Å². The second-order valence-corrected chi connectivity index (χ2v) is 6.45. The number of aliphatic hydroxyl groups excluding tert-OH is 1. The Balaban J connectivity index is 0.000000383. The number of benzene rings is 1. The molecule has 0 bridgehead atoms. The fraction of sp³-hybridized carbons (Fsp3) is 0.571. The predicted octanol–water partition coefficient (Wildman–Crippen LogP) is 1.84. The predicted molar refractivity (Wildman–Crippen MR) is 79.6 cm³/mol. The van der Waals surface area contributed by atoms with Gasteiger partial charge in [0.25, 0.3) is 10.1 Å². The minimum absolute atomic E-state index is 0.225. The minimum Gasteiger partial charge on any atom is -0.497 e. The SMILES string of the molecule is COc1cc(OC)cc(C2CCCC2O)c1.CS(=O)(=O)O. The summed E-state index contributed by atoms with van der Waals surface area (Å²) >= 11 is 0. The summed E-state index contributed by atoms with van der Waals surface area (Å²) in [6.45, 7) is 0. The second-order valence-electron chi connectivity index (χ2n) is 4.98. The first-order valence-corrected chi connectivity index (χ1v) is 8.43. The molecule has 0 aliphatic heterocycles. The number of hydrogen-bond donors (Lipinski definition) is 2. The van der Waals surface area contributed by atoms with Crippen LogP contribution in [0.4, 0.5) is 0 Å². The van der Waals surface area contributed by atoms with Crippen LogP contribution in [0.1, 0.15) is 30.7 Å². The molecule has 0 amide bonds. The lowest BCUT2D eigenvalue weighted by molar-refractivity contribution is 0.163.